The van der Waals surface area contributed by atoms with Gasteiger partial charge in [-0.15, -0.1) is 11.3 Å². The van der Waals surface area contributed by atoms with Gasteiger partial charge in [0.1, 0.15) is 15.5 Å². The highest BCUT2D eigenvalue weighted by molar-refractivity contribution is 7.21. The van der Waals surface area contributed by atoms with Crippen LogP contribution in [0.1, 0.15) is 29.4 Å². The van der Waals surface area contributed by atoms with Crippen LogP contribution in [0.15, 0.2) is 60.7 Å². The van der Waals surface area contributed by atoms with Crippen molar-refractivity contribution in [1.29, 1.82) is 0 Å². The van der Waals surface area contributed by atoms with E-state index in [0.717, 1.165) is 64.3 Å². The van der Waals surface area contributed by atoms with Gasteiger partial charge in [-0.3, -0.25) is 4.79 Å². The molecule has 1 unspecified atom stereocenters. The van der Waals surface area contributed by atoms with E-state index in [4.69, 9.17) is 15.5 Å². The van der Waals surface area contributed by atoms with Gasteiger partial charge < -0.3 is 15.4 Å². The molecule has 3 heterocycles. The molecular formula is C27H27N3O2S. The van der Waals surface area contributed by atoms with Crippen LogP contribution in [0.3, 0.4) is 0 Å². The lowest BCUT2D eigenvalue weighted by Gasteiger charge is -2.30. The molecule has 5 rings (SSSR count). The molecule has 4 aromatic rings. The first-order valence-corrected chi connectivity index (χ1v) is 12.1. The number of fused-ring (bicyclic) bond motifs is 1. The summed E-state index contributed by atoms with van der Waals surface area (Å²) >= 11 is 1.40. The Balaban J connectivity index is 1.68. The van der Waals surface area contributed by atoms with E-state index in [-0.39, 0.29) is 5.91 Å². The molecule has 2 N–H and O–H groups in total. The van der Waals surface area contributed by atoms with Gasteiger partial charge >= 0.3 is 0 Å². The Morgan fingerprint density at radius 3 is 2.58 bits per heavy atom. The maximum absolute atomic E-state index is 13.4. The minimum absolute atomic E-state index is 0.0176. The van der Waals surface area contributed by atoms with E-state index in [1.54, 1.807) is 7.11 Å². The molecule has 168 valence electrons. The normalized spacial score (nSPS) is 16.2. The third kappa shape index (κ3) is 4.07. The van der Waals surface area contributed by atoms with Crippen molar-refractivity contribution in [1.82, 2.24) is 9.88 Å². The average molecular weight is 458 g/mol. The highest BCUT2D eigenvalue weighted by Gasteiger charge is 2.27. The number of hydrogen-bond acceptors (Lipinski definition) is 5. The first-order chi connectivity index (χ1) is 16.0. The first kappa shape index (κ1) is 21.5. The number of thiophene rings is 1. The van der Waals surface area contributed by atoms with Crippen LogP contribution in [0.5, 0.6) is 5.75 Å². The molecule has 1 aliphatic rings. The number of pyridine rings is 1. The fourth-order valence-electron chi connectivity index (χ4n) is 4.55. The van der Waals surface area contributed by atoms with E-state index in [1.165, 1.54) is 11.3 Å². The Labute approximate surface area is 197 Å². The lowest BCUT2D eigenvalue weighted by atomic mass is 9.98. The summed E-state index contributed by atoms with van der Waals surface area (Å²) in [5, 5.41) is 0.846. The topological polar surface area (TPSA) is 68.5 Å². The zero-order valence-electron chi connectivity index (χ0n) is 18.9. The maximum Gasteiger partial charge on any atom is 0.266 e. The van der Waals surface area contributed by atoms with Crippen LogP contribution in [0.2, 0.25) is 0 Å². The Hall–Kier alpha value is -3.38. The van der Waals surface area contributed by atoms with Crippen LogP contribution >= 0.6 is 11.3 Å². The molecule has 0 spiro atoms. The summed E-state index contributed by atoms with van der Waals surface area (Å²) in [7, 11) is 1.66. The van der Waals surface area contributed by atoms with Crippen molar-refractivity contribution in [2.75, 3.05) is 25.9 Å². The Morgan fingerprint density at radius 1 is 1.12 bits per heavy atom. The number of carbonyl (C=O) groups is 1. The lowest BCUT2D eigenvalue weighted by Crippen LogP contribution is -2.39. The second kappa shape index (κ2) is 8.87. The number of rotatable bonds is 4. The number of nitrogens with two attached hydrogens (primary N) is 1. The Kier molecular flexibility index (Phi) is 5.77. The molecule has 6 heteroatoms. The fraction of sp³-hybridized carbons (Fsp3) is 0.259. The van der Waals surface area contributed by atoms with Crippen molar-refractivity contribution >= 4 is 33.1 Å². The van der Waals surface area contributed by atoms with E-state index >= 15 is 0 Å². The number of likely N-dealkylation sites (tertiary alicyclic amines) is 1. The van der Waals surface area contributed by atoms with Crippen LogP contribution in [0, 0.1) is 5.92 Å². The monoisotopic (exact) mass is 457 g/mol. The van der Waals surface area contributed by atoms with Gasteiger partial charge in [-0.1, -0.05) is 49.4 Å². The molecule has 0 saturated carbocycles. The summed E-state index contributed by atoms with van der Waals surface area (Å²) in [5.74, 6) is 1.32. The second-order valence-corrected chi connectivity index (χ2v) is 9.67. The minimum atomic E-state index is 0.0176. The lowest BCUT2D eigenvalue weighted by molar-refractivity contribution is 0.0689. The highest BCUT2D eigenvalue weighted by Crippen LogP contribution is 2.42. The number of methoxy groups -OCH3 is 1. The van der Waals surface area contributed by atoms with E-state index in [2.05, 4.69) is 13.0 Å². The largest absolute Gasteiger partial charge is 0.497 e. The number of piperidine rings is 1. The zero-order chi connectivity index (χ0) is 22.9. The summed E-state index contributed by atoms with van der Waals surface area (Å²) in [6.45, 7) is 3.76. The number of nitrogen functional groups attached to an aromatic ring is 1. The smallest absolute Gasteiger partial charge is 0.266 e. The van der Waals surface area contributed by atoms with E-state index < -0.39 is 0 Å². The van der Waals surface area contributed by atoms with Crippen molar-refractivity contribution in [2.24, 2.45) is 5.92 Å². The van der Waals surface area contributed by atoms with Gasteiger partial charge in [0.2, 0.25) is 0 Å². The van der Waals surface area contributed by atoms with Crippen LogP contribution in [0.25, 0.3) is 32.6 Å². The molecular weight excluding hydrogens is 430 g/mol. The third-order valence-corrected chi connectivity index (χ3v) is 7.40. The summed E-state index contributed by atoms with van der Waals surface area (Å²) in [6, 6.07) is 20.1. The number of hydrogen-bond donors (Lipinski definition) is 1. The molecule has 1 fully saturated rings. The predicted molar refractivity (Wildman–Crippen MR) is 136 cm³/mol. The number of anilines is 1. The average Bonchev–Trinajstić information content (AvgIpc) is 3.20. The van der Waals surface area contributed by atoms with Gasteiger partial charge in [0.25, 0.3) is 5.91 Å². The molecule has 0 bridgehead atoms. The molecule has 1 atom stereocenters. The van der Waals surface area contributed by atoms with Gasteiger partial charge in [-0.05, 0) is 48.1 Å². The highest BCUT2D eigenvalue weighted by atomic mass is 32.1. The van der Waals surface area contributed by atoms with Gasteiger partial charge in [0.05, 0.1) is 18.5 Å². The second-order valence-electron chi connectivity index (χ2n) is 8.67. The summed E-state index contributed by atoms with van der Waals surface area (Å²) in [5.41, 5.74) is 11.1. The number of carbonyl (C=O) groups excluding carboxylic acids is 1. The van der Waals surface area contributed by atoms with E-state index in [1.807, 2.05) is 59.5 Å². The van der Waals surface area contributed by atoms with E-state index in [9.17, 15) is 4.79 Å². The SMILES string of the molecule is COc1ccc(-c2cc(-c3ccccc3)nc3sc(C(=O)N4CCCC(C)C4)c(N)c23)cc1. The van der Waals surface area contributed by atoms with Crippen molar-refractivity contribution in [3.63, 3.8) is 0 Å². The van der Waals surface area contributed by atoms with Gasteiger partial charge in [0, 0.05) is 24.0 Å². The molecule has 2 aromatic heterocycles. The van der Waals surface area contributed by atoms with Crippen molar-refractivity contribution < 1.29 is 9.53 Å². The number of benzene rings is 2. The molecule has 1 aliphatic heterocycles. The van der Waals surface area contributed by atoms with Crippen molar-refractivity contribution in [2.45, 2.75) is 19.8 Å². The Morgan fingerprint density at radius 2 is 1.88 bits per heavy atom. The Bertz CT molecular complexity index is 1300. The molecule has 2 aromatic carbocycles. The fourth-order valence-corrected chi connectivity index (χ4v) is 5.64. The van der Waals surface area contributed by atoms with Gasteiger partial charge in [-0.2, -0.15) is 0 Å². The number of amides is 1. The molecule has 0 aliphatic carbocycles. The standard InChI is InChI=1S/C27H27N3O2S/c1-17-7-6-14-30(16-17)27(31)25-24(28)23-21(18-10-12-20(32-2)13-11-18)15-22(29-26(23)33-25)19-8-4-3-5-9-19/h3-5,8-13,15,17H,6-7,14,16,28H2,1-2H3. The predicted octanol–water partition coefficient (Wildman–Crippen LogP) is 6.09. The summed E-state index contributed by atoms with van der Waals surface area (Å²) in [6.07, 6.45) is 2.19. The summed E-state index contributed by atoms with van der Waals surface area (Å²) < 4.78 is 5.34. The molecule has 33 heavy (non-hydrogen) atoms. The van der Waals surface area contributed by atoms with Crippen LogP contribution in [0.4, 0.5) is 5.69 Å². The zero-order valence-corrected chi connectivity index (χ0v) is 19.7. The summed E-state index contributed by atoms with van der Waals surface area (Å²) in [4.78, 5) is 21.7. The minimum Gasteiger partial charge on any atom is -0.497 e. The number of ether oxygens (including phenoxy) is 1. The maximum atomic E-state index is 13.4. The number of nitrogens with zero attached hydrogens (tertiary/aromatic N) is 2. The number of aromatic nitrogens is 1. The van der Waals surface area contributed by atoms with Crippen molar-refractivity contribution in [3.05, 3.63) is 65.5 Å². The van der Waals surface area contributed by atoms with Crippen LogP contribution < -0.4 is 10.5 Å². The van der Waals surface area contributed by atoms with E-state index in [0.29, 0.717) is 16.5 Å². The quantitative estimate of drug-likeness (QED) is 0.402. The van der Waals surface area contributed by atoms with Gasteiger partial charge in [-0.25, -0.2) is 4.98 Å². The molecule has 1 saturated heterocycles. The van der Waals surface area contributed by atoms with Crippen molar-refractivity contribution in [3.8, 4) is 28.1 Å². The first-order valence-electron chi connectivity index (χ1n) is 11.3. The van der Waals surface area contributed by atoms with Crippen LogP contribution in [-0.4, -0.2) is 36.0 Å². The van der Waals surface area contributed by atoms with Crippen LogP contribution in [-0.2, 0) is 0 Å². The van der Waals surface area contributed by atoms with Gasteiger partial charge in [0.15, 0.2) is 0 Å². The third-order valence-electron chi connectivity index (χ3n) is 6.31. The molecule has 5 nitrogen and oxygen atoms in total. The molecule has 0 radical (unpaired) electrons. The molecule has 1 amide bonds.